The number of nitrogens with zero attached hydrogens (tertiary/aromatic N) is 2. The summed E-state index contributed by atoms with van der Waals surface area (Å²) >= 11 is 0. The van der Waals surface area contributed by atoms with Crippen LogP contribution in [-0.4, -0.2) is 29.7 Å². The van der Waals surface area contributed by atoms with Crippen molar-refractivity contribution < 1.29 is 18.7 Å². The molecule has 0 saturated carbocycles. The first-order chi connectivity index (χ1) is 16.2. The van der Waals surface area contributed by atoms with Gasteiger partial charge in [-0.2, -0.15) is 0 Å². The second kappa shape index (κ2) is 8.78. The lowest BCUT2D eigenvalue weighted by molar-refractivity contribution is 0.179. The minimum atomic E-state index is -0.344. The molecule has 0 bridgehead atoms. The fourth-order valence-electron chi connectivity index (χ4n) is 4.39. The van der Waals surface area contributed by atoms with E-state index in [1.54, 1.807) is 20.5 Å². The summed E-state index contributed by atoms with van der Waals surface area (Å²) in [6.45, 7) is 0.754. The summed E-state index contributed by atoms with van der Waals surface area (Å²) < 4.78 is 18.5. The zero-order valence-electron chi connectivity index (χ0n) is 18.5. The molecule has 3 heterocycles. The standard InChI is InChI=1S/C26H25N3O4/c1-31-23-12-11-18(15-24(23)32-2)25-22-10-5-13-28(22)21-9-4-3-7-19(21)17-29(25)26(30)27-16-20-8-6-14-33-20/h3-15,25H,16-17H2,1-2H3,(H,27,30)/t25-/m0/s1. The van der Waals surface area contributed by atoms with Crippen molar-refractivity contribution in [2.75, 3.05) is 14.2 Å². The van der Waals surface area contributed by atoms with E-state index in [0.717, 1.165) is 22.5 Å². The molecule has 7 heteroatoms. The summed E-state index contributed by atoms with van der Waals surface area (Å²) in [5, 5.41) is 3.02. The van der Waals surface area contributed by atoms with Crippen LogP contribution in [0.3, 0.4) is 0 Å². The predicted molar refractivity (Wildman–Crippen MR) is 124 cm³/mol. The number of hydrogen-bond acceptors (Lipinski definition) is 4. The molecule has 4 aromatic rings. The molecule has 0 unspecified atom stereocenters. The van der Waals surface area contributed by atoms with Crippen LogP contribution >= 0.6 is 0 Å². The fraction of sp³-hybridized carbons (Fsp3) is 0.192. The largest absolute Gasteiger partial charge is 0.493 e. The molecular weight excluding hydrogens is 418 g/mol. The molecule has 1 aliphatic heterocycles. The molecule has 1 aliphatic rings. The number of aromatic nitrogens is 1. The summed E-state index contributed by atoms with van der Waals surface area (Å²) in [6, 6.07) is 21.1. The molecular formula is C26H25N3O4. The molecule has 2 amide bonds. The molecule has 0 fully saturated rings. The third-order valence-corrected chi connectivity index (χ3v) is 5.94. The van der Waals surface area contributed by atoms with Gasteiger partial charge in [-0.05, 0) is 53.6 Å². The van der Waals surface area contributed by atoms with Gasteiger partial charge in [0.05, 0.1) is 45.3 Å². The van der Waals surface area contributed by atoms with Gasteiger partial charge in [0.25, 0.3) is 0 Å². The van der Waals surface area contributed by atoms with Gasteiger partial charge in [-0.15, -0.1) is 0 Å². The van der Waals surface area contributed by atoms with Crippen LogP contribution in [0.2, 0.25) is 0 Å². The lowest BCUT2D eigenvalue weighted by atomic mass is 10.0. The minimum Gasteiger partial charge on any atom is -0.493 e. The number of methoxy groups -OCH3 is 2. The second-order valence-corrected chi connectivity index (χ2v) is 7.81. The van der Waals surface area contributed by atoms with Crippen LogP contribution in [0.4, 0.5) is 4.79 Å². The van der Waals surface area contributed by atoms with E-state index in [4.69, 9.17) is 13.9 Å². The van der Waals surface area contributed by atoms with Gasteiger partial charge in [0, 0.05) is 11.9 Å². The van der Waals surface area contributed by atoms with Crippen molar-refractivity contribution in [1.29, 1.82) is 0 Å². The van der Waals surface area contributed by atoms with Gasteiger partial charge in [0.2, 0.25) is 0 Å². The normalized spacial score (nSPS) is 14.7. The van der Waals surface area contributed by atoms with E-state index < -0.39 is 0 Å². The van der Waals surface area contributed by atoms with E-state index in [-0.39, 0.29) is 12.1 Å². The number of nitrogens with one attached hydrogen (secondary N) is 1. The van der Waals surface area contributed by atoms with Gasteiger partial charge < -0.3 is 28.7 Å². The molecule has 168 valence electrons. The second-order valence-electron chi connectivity index (χ2n) is 7.81. The average molecular weight is 444 g/mol. The zero-order valence-corrected chi connectivity index (χ0v) is 18.5. The van der Waals surface area contributed by atoms with Gasteiger partial charge in [-0.25, -0.2) is 4.79 Å². The maximum Gasteiger partial charge on any atom is 0.318 e. The van der Waals surface area contributed by atoms with Gasteiger partial charge in [0.15, 0.2) is 11.5 Å². The molecule has 1 N–H and O–H groups in total. The van der Waals surface area contributed by atoms with Crippen LogP contribution in [0.1, 0.15) is 28.6 Å². The van der Waals surface area contributed by atoms with Crippen LogP contribution in [0.5, 0.6) is 11.5 Å². The summed E-state index contributed by atoms with van der Waals surface area (Å²) in [5.74, 6) is 1.96. The van der Waals surface area contributed by atoms with Gasteiger partial charge in [-0.1, -0.05) is 24.3 Å². The first kappa shape index (κ1) is 20.8. The lowest BCUT2D eigenvalue weighted by Crippen LogP contribution is -2.41. The first-order valence-electron chi connectivity index (χ1n) is 10.7. The zero-order chi connectivity index (χ0) is 22.8. The van der Waals surface area contributed by atoms with E-state index in [1.165, 1.54) is 0 Å². The summed E-state index contributed by atoms with van der Waals surface area (Å²) in [6.07, 6.45) is 3.63. The fourth-order valence-corrected chi connectivity index (χ4v) is 4.39. The van der Waals surface area contributed by atoms with Gasteiger partial charge in [-0.3, -0.25) is 0 Å². The Kier molecular flexibility index (Phi) is 5.52. The van der Waals surface area contributed by atoms with Crippen molar-refractivity contribution in [3.8, 4) is 17.2 Å². The van der Waals surface area contributed by atoms with E-state index in [9.17, 15) is 4.79 Å². The quantitative estimate of drug-likeness (QED) is 0.476. The lowest BCUT2D eigenvalue weighted by Gasteiger charge is -2.31. The highest BCUT2D eigenvalue weighted by Gasteiger charge is 2.33. The Labute approximate surface area is 192 Å². The van der Waals surface area contributed by atoms with E-state index in [1.807, 2.05) is 59.6 Å². The molecule has 2 aromatic heterocycles. The maximum absolute atomic E-state index is 13.6. The Morgan fingerprint density at radius 1 is 1.03 bits per heavy atom. The number of ether oxygens (including phenoxy) is 2. The van der Waals surface area contributed by atoms with E-state index in [2.05, 4.69) is 28.1 Å². The monoisotopic (exact) mass is 443 g/mol. The number of amides is 2. The third kappa shape index (κ3) is 3.82. The molecule has 0 aliphatic carbocycles. The molecule has 0 radical (unpaired) electrons. The molecule has 7 nitrogen and oxygen atoms in total. The van der Waals surface area contributed by atoms with Crippen LogP contribution in [-0.2, 0) is 13.1 Å². The van der Waals surface area contributed by atoms with Crippen LogP contribution in [0.25, 0.3) is 5.69 Å². The number of hydrogen-bond donors (Lipinski definition) is 1. The van der Waals surface area contributed by atoms with Crippen LogP contribution in [0, 0.1) is 0 Å². The average Bonchev–Trinajstić information content (AvgIpc) is 3.52. The van der Waals surface area contributed by atoms with Crippen molar-refractivity contribution in [1.82, 2.24) is 14.8 Å². The predicted octanol–water partition coefficient (Wildman–Crippen LogP) is 4.90. The van der Waals surface area contributed by atoms with Crippen LogP contribution < -0.4 is 14.8 Å². The number of carbonyl (C=O) groups is 1. The Morgan fingerprint density at radius 2 is 1.88 bits per heavy atom. The first-order valence-corrected chi connectivity index (χ1v) is 10.7. The van der Waals surface area contributed by atoms with Crippen molar-refractivity contribution >= 4 is 6.03 Å². The summed E-state index contributed by atoms with van der Waals surface area (Å²) in [4.78, 5) is 15.4. The van der Waals surface area contributed by atoms with Crippen molar-refractivity contribution in [2.24, 2.45) is 0 Å². The van der Waals surface area contributed by atoms with Crippen molar-refractivity contribution in [3.05, 3.63) is 102 Å². The van der Waals surface area contributed by atoms with Crippen molar-refractivity contribution in [2.45, 2.75) is 19.1 Å². The van der Waals surface area contributed by atoms with Crippen LogP contribution in [0.15, 0.2) is 83.6 Å². The Balaban J connectivity index is 1.61. The van der Waals surface area contributed by atoms with E-state index >= 15 is 0 Å². The minimum absolute atomic E-state index is 0.185. The number of urea groups is 1. The summed E-state index contributed by atoms with van der Waals surface area (Å²) in [5.41, 5.74) is 4.03. The third-order valence-electron chi connectivity index (χ3n) is 5.94. The molecule has 0 saturated heterocycles. The number of para-hydroxylation sites is 1. The smallest absolute Gasteiger partial charge is 0.318 e. The van der Waals surface area contributed by atoms with E-state index in [0.29, 0.717) is 30.3 Å². The number of fused-ring (bicyclic) bond motifs is 3. The number of rotatable bonds is 5. The molecule has 0 spiro atoms. The van der Waals surface area contributed by atoms with Gasteiger partial charge in [0.1, 0.15) is 5.76 Å². The highest BCUT2D eigenvalue weighted by Crippen LogP contribution is 2.39. The SMILES string of the molecule is COc1ccc([C@H]2c3cccn3-c3ccccc3CN2C(=O)NCc2ccco2)cc1OC. The molecule has 1 atom stereocenters. The highest BCUT2D eigenvalue weighted by atomic mass is 16.5. The molecule has 2 aromatic carbocycles. The topological polar surface area (TPSA) is 68.9 Å². The molecule has 5 rings (SSSR count). The van der Waals surface area contributed by atoms with Crippen molar-refractivity contribution in [3.63, 3.8) is 0 Å². The maximum atomic E-state index is 13.6. The summed E-state index contributed by atoms with van der Waals surface area (Å²) in [7, 11) is 3.22. The van der Waals surface area contributed by atoms with Gasteiger partial charge >= 0.3 is 6.03 Å². The number of furan rings is 1. The molecule has 33 heavy (non-hydrogen) atoms. The number of carbonyl (C=O) groups excluding carboxylic acids is 1. The Morgan fingerprint density at radius 3 is 2.67 bits per heavy atom. The Hall–Kier alpha value is -4.13. The highest BCUT2D eigenvalue weighted by molar-refractivity contribution is 5.76. The number of benzene rings is 2. The Bertz CT molecular complexity index is 1260.